The summed E-state index contributed by atoms with van der Waals surface area (Å²) in [5.41, 5.74) is -1.66. The molecule has 3 saturated heterocycles. The summed E-state index contributed by atoms with van der Waals surface area (Å²) in [6.07, 6.45) is 4.69. The van der Waals surface area contributed by atoms with Gasteiger partial charge in [-0.3, -0.25) is 15.2 Å². The Morgan fingerprint density at radius 1 is 1.08 bits per heavy atom. The molecule has 4 heterocycles. The Kier molecular flexibility index (Phi) is 9.07. The number of aromatic nitrogens is 2. The van der Waals surface area contributed by atoms with Crippen LogP contribution in [0.4, 0.5) is 19.4 Å². The largest absolute Gasteiger partial charge is 0.511 e. The lowest BCUT2D eigenvalue weighted by Crippen LogP contribution is -2.58. The maximum absolute atomic E-state index is 16.6. The summed E-state index contributed by atoms with van der Waals surface area (Å²) in [7, 11) is 1.82. The molecule has 3 aliphatic heterocycles. The van der Waals surface area contributed by atoms with E-state index in [0.717, 1.165) is 25.7 Å². The van der Waals surface area contributed by atoms with E-state index in [9.17, 15) is 19.7 Å². The van der Waals surface area contributed by atoms with Gasteiger partial charge in [-0.15, -0.1) is 0 Å². The van der Waals surface area contributed by atoms with Gasteiger partial charge in [-0.2, -0.15) is 9.37 Å². The number of rotatable bonds is 6. The van der Waals surface area contributed by atoms with Crippen LogP contribution in [0, 0.1) is 16.6 Å². The third-order valence-electron chi connectivity index (χ3n) is 11.7. The van der Waals surface area contributed by atoms with E-state index in [2.05, 4.69) is 9.97 Å². The van der Waals surface area contributed by atoms with Crippen LogP contribution in [-0.4, -0.2) is 118 Å². The van der Waals surface area contributed by atoms with Crippen molar-refractivity contribution in [1.82, 2.24) is 19.8 Å². The zero-order valence-electron chi connectivity index (χ0n) is 30.0. The zero-order valence-corrected chi connectivity index (χ0v) is 30.0. The minimum absolute atomic E-state index is 0.0255. The molecule has 1 aromatic rings. The number of piperazine rings is 1. The molecule has 3 aliphatic carbocycles. The summed E-state index contributed by atoms with van der Waals surface area (Å²) >= 11 is 0. The monoisotopic (exact) mass is 702 g/mol. The summed E-state index contributed by atoms with van der Waals surface area (Å²) in [4.78, 5) is 27.7. The first-order valence-electron chi connectivity index (χ1n) is 18.3. The van der Waals surface area contributed by atoms with Crippen molar-refractivity contribution in [2.24, 2.45) is 5.41 Å². The number of aliphatic hydroxyl groups excluding tert-OH is 1. The summed E-state index contributed by atoms with van der Waals surface area (Å²) in [6.45, 7) is 9.33. The number of allylic oxidation sites excluding steroid dienone is 1. The van der Waals surface area contributed by atoms with Crippen LogP contribution < -0.4 is 9.64 Å². The molecule has 2 saturated carbocycles. The van der Waals surface area contributed by atoms with Crippen molar-refractivity contribution in [3.63, 3.8) is 0 Å². The number of alkyl halides is 1. The number of anilines is 1. The van der Waals surface area contributed by atoms with Crippen molar-refractivity contribution in [2.75, 3.05) is 51.3 Å². The van der Waals surface area contributed by atoms with Crippen molar-refractivity contribution in [2.45, 2.75) is 127 Å². The lowest BCUT2D eigenvalue weighted by atomic mass is 9.61. The highest BCUT2D eigenvalue weighted by Gasteiger charge is 2.61. The molecule has 4 atom stereocenters. The van der Waals surface area contributed by atoms with E-state index in [4.69, 9.17) is 18.9 Å². The summed E-state index contributed by atoms with van der Waals surface area (Å²) < 4.78 is 55.3. The van der Waals surface area contributed by atoms with Gasteiger partial charge in [0.25, 0.3) is 5.88 Å². The minimum atomic E-state index is -1.01. The molecule has 7 rings (SSSR count). The molecule has 0 unspecified atom stereocenters. The number of halogens is 2. The number of carbonyl (C=O) groups excluding carboxylic acids is 1. The molecule has 1 amide bonds. The zero-order chi connectivity index (χ0) is 35.6. The smallest absolute Gasteiger partial charge is 0.410 e. The van der Waals surface area contributed by atoms with Gasteiger partial charge in [0.1, 0.15) is 29.3 Å². The Morgan fingerprint density at radius 3 is 2.44 bits per heavy atom. The fraction of sp³-hybridized carbons (Fsp3) is 0.778. The number of amides is 1. The van der Waals surface area contributed by atoms with Crippen LogP contribution in [0.3, 0.4) is 0 Å². The average molecular weight is 703 g/mol. The van der Waals surface area contributed by atoms with Gasteiger partial charge in [0.15, 0.2) is 17.4 Å². The quantitative estimate of drug-likeness (QED) is 0.357. The molecule has 0 bridgehead atoms. The molecule has 276 valence electrons. The van der Waals surface area contributed by atoms with Crippen molar-refractivity contribution in [1.29, 1.82) is 5.41 Å². The molecule has 3 spiro atoms. The molecule has 1 aromatic heterocycles. The summed E-state index contributed by atoms with van der Waals surface area (Å²) in [5, 5.41) is 21.5. The second-order valence-electron chi connectivity index (χ2n) is 16.2. The molecule has 0 radical (unpaired) electrons. The van der Waals surface area contributed by atoms with Gasteiger partial charge >= 0.3 is 6.09 Å². The molecule has 2 N–H and O–H groups in total. The van der Waals surface area contributed by atoms with Gasteiger partial charge in [0.05, 0.1) is 24.2 Å². The second-order valence-corrected chi connectivity index (χ2v) is 16.2. The maximum atomic E-state index is 16.6. The third-order valence-corrected chi connectivity index (χ3v) is 11.7. The van der Waals surface area contributed by atoms with Crippen LogP contribution >= 0.6 is 0 Å². The van der Waals surface area contributed by atoms with Gasteiger partial charge in [-0.25, -0.2) is 14.2 Å². The Labute approximate surface area is 293 Å². The summed E-state index contributed by atoms with van der Waals surface area (Å²) in [6, 6.07) is -0.295. The van der Waals surface area contributed by atoms with Gasteiger partial charge in [-0.1, -0.05) is 6.42 Å². The van der Waals surface area contributed by atoms with E-state index >= 15 is 4.39 Å². The topological polar surface area (TPSA) is 134 Å². The molecular weight excluding hydrogens is 650 g/mol. The molecular formula is C36H52F2N6O6. The minimum Gasteiger partial charge on any atom is -0.511 e. The maximum Gasteiger partial charge on any atom is 0.410 e. The number of carbonyl (C=O) groups is 1. The highest BCUT2D eigenvalue weighted by molar-refractivity contribution is 6.09. The molecule has 6 aliphatic rings. The third kappa shape index (κ3) is 6.12. The first-order valence-corrected chi connectivity index (χ1v) is 18.3. The van der Waals surface area contributed by atoms with Crippen molar-refractivity contribution < 1.29 is 37.6 Å². The van der Waals surface area contributed by atoms with Crippen LogP contribution in [0.1, 0.15) is 97.7 Å². The number of likely N-dealkylation sites (tertiary alicyclic amines) is 1. The van der Waals surface area contributed by atoms with Gasteiger partial charge in [-0.05, 0) is 86.1 Å². The van der Waals surface area contributed by atoms with Crippen LogP contribution in [-0.2, 0) is 14.2 Å². The first kappa shape index (κ1) is 35.3. The lowest BCUT2D eigenvalue weighted by molar-refractivity contribution is -0.255. The van der Waals surface area contributed by atoms with Crippen molar-refractivity contribution >= 4 is 17.6 Å². The van der Waals surface area contributed by atoms with E-state index in [1.165, 1.54) is 0 Å². The highest BCUT2D eigenvalue weighted by Crippen LogP contribution is 2.58. The molecule has 12 nitrogen and oxygen atoms in total. The molecule has 5 fully saturated rings. The van der Waals surface area contributed by atoms with E-state index in [0.29, 0.717) is 64.0 Å². The van der Waals surface area contributed by atoms with Crippen molar-refractivity contribution in [3.8, 4) is 5.88 Å². The predicted octanol–water partition coefficient (Wildman–Crippen LogP) is 5.68. The number of aliphatic hydroxyl groups is 1. The number of likely N-dealkylation sites (N-methyl/N-ethyl adjacent to an activating group) is 1. The number of hydrogen-bond donors (Lipinski definition) is 2. The van der Waals surface area contributed by atoms with Gasteiger partial charge in [0, 0.05) is 44.2 Å². The molecule has 14 heteroatoms. The van der Waals surface area contributed by atoms with Crippen LogP contribution in [0.2, 0.25) is 0 Å². The number of fused-ring (bicyclic) bond motifs is 1. The van der Waals surface area contributed by atoms with E-state index in [-0.39, 0.29) is 54.5 Å². The Bertz CT molecular complexity index is 1540. The molecule has 50 heavy (non-hydrogen) atoms. The fourth-order valence-electron chi connectivity index (χ4n) is 9.09. The molecule has 0 aromatic carbocycles. The van der Waals surface area contributed by atoms with Crippen LogP contribution in [0.5, 0.6) is 5.88 Å². The number of nitrogens with one attached hydrogen (secondary N) is 1. The first-order chi connectivity index (χ1) is 23.7. The lowest BCUT2D eigenvalue weighted by Gasteiger charge is -2.51. The summed E-state index contributed by atoms with van der Waals surface area (Å²) in [5.74, 6) is -2.05. The number of nitrogens with zero attached hydrogens (tertiary/aromatic N) is 5. The van der Waals surface area contributed by atoms with Crippen molar-refractivity contribution in [3.05, 3.63) is 23.0 Å². The SMILES string of the molecule is C[C@H](Oc1nc(C(=N)C2=C(O)[C@]3(CCCCC34OCCO4)CCC2)nc(N2CCN(C(=O)OC(C)(C)C)C3(CC3)C2)c1F)[C@@H]1C[C@@H](F)CN1C. The van der Waals surface area contributed by atoms with Crippen LogP contribution in [0.25, 0.3) is 0 Å². The van der Waals surface area contributed by atoms with E-state index in [1.54, 1.807) is 16.7 Å². The Balaban J connectivity index is 1.24. The number of hydrogen-bond acceptors (Lipinski definition) is 11. The van der Waals surface area contributed by atoms with E-state index in [1.807, 2.05) is 32.7 Å². The van der Waals surface area contributed by atoms with Gasteiger partial charge < -0.3 is 29.0 Å². The Morgan fingerprint density at radius 2 is 1.78 bits per heavy atom. The van der Waals surface area contributed by atoms with Gasteiger partial charge in [0.2, 0.25) is 5.82 Å². The van der Waals surface area contributed by atoms with Crippen LogP contribution in [0.15, 0.2) is 11.3 Å². The fourth-order valence-corrected chi connectivity index (χ4v) is 9.09. The highest BCUT2D eigenvalue weighted by atomic mass is 19.1. The number of ether oxygens (including phenoxy) is 4. The normalized spacial score (nSPS) is 30.0. The Hall–Kier alpha value is -3.10. The average Bonchev–Trinajstić information content (AvgIpc) is 3.47. The second kappa shape index (κ2) is 12.8. The van der Waals surface area contributed by atoms with E-state index < -0.39 is 46.5 Å². The predicted molar refractivity (Wildman–Crippen MR) is 181 cm³/mol. The standard InChI is InChI=1S/C36H52F2N6O6/c1-22(25-19-23(37)20-42(25)5)49-31-26(38)30(43-15-16-44(34(21-43)13-14-34)32(46)50-33(2,3)4)40-29(41-31)27(39)24-9-8-11-35(28(24)45)10-6-7-12-36(35)47-17-18-48-36/h22-23,25,39,45H,6-21H2,1-5H3/t22-,23+,25-,35-/m0/s1.